The first-order valence-electron chi connectivity index (χ1n) is 12.7. The summed E-state index contributed by atoms with van der Waals surface area (Å²) in [5, 5.41) is 7.26. The molecule has 4 rings (SSSR count). The number of nitrogens with one attached hydrogen (secondary N) is 1. The normalized spacial score (nSPS) is 17.0. The number of aldehydes is 1. The first-order chi connectivity index (χ1) is 18.4. The molecule has 2 heterocycles. The maximum absolute atomic E-state index is 13.6. The first kappa shape index (κ1) is 27.0. The molecular weight excluding hydrogens is 480 g/mol. The zero-order chi connectivity index (χ0) is 27.1. The maximum Gasteiger partial charge on any atom is 0.334 e. The number of likely N-dealkylation sites (N-methyl/N-ethyl adjacent to an activating group) is 1. The molecule has 9 nitrogen and oxygen atoms in total. The van der Waals surface area contributed by atoms with E-state index < -0.39 is 6.17 Å². The number of hydrogen-bond donors (Lipinski definition) is 1. The molecular formula is C29H34N6O3. The van der Waals surface area contributed by atoms with Crippen LogP contribution in [0, 0.1) is 0 Å². The Kier molecular flexibility index (Phi) is 8.83. The van der Waals surface area contributed by atoms with Crippen molar-refractivity contribution in [1.82, 2.24) is 30.1 Å². The van der Waals surface area contributed by atoms with Crippen LogP contribution < -0.4 is 5.32 Å². The van der Waals surface area contributed by atoms with E-state index in [2.05, 4.69) is 28.7 Å². The highest BCUT2D eigenvalue weighted by atomic mass is 16.2. The third kappa shape index (κ3) is 5.90. The van der Waals surface area contributed by atoms with Crippen molar-refractivity contribution < 1.29 is 14.4 Å². The smallest absolute Gasteiger partial charge is 0.333 e. The van der Waals surface area contributed by atoms with Gasteiger partial charge in [0.2, 0.25) is 5.91 Å². The Balaban J connectivity index is 1.63. The lowest BCUT2D eigenvalue weighted by molar-refractivity contribution is -0.168. The Morgan fingerprint density at radius 1 is 1.16 bits per heavy atom. The Hall–Kier alpha value is -4.08. The zero-order valence-corrected chi connectivity index (χ0v) is 21.9. The van der Waals surface area contributed by atoms with Gasteiger partial charge in [-0.2, -0.15) is 0 Å². The van der Waals surface area contributed by atoms with Crippen LogP contribution in [0.4, 0.5) is 4.79 Å². The molecule has 1 N–H and O–H groups in total. The Morgan fingerprint density at radius 3 is 2.66 bits per heavy atom. The van der Waals surface area contributed by atoms with Gasteiger partial charge in [0, 0.05) is 37.3 Å². The summed E-state index contributed by atoms with van der Waals surface area (Å²) in [4.78, 5) is 46.5. The molecule has 0 bridgehead atoms. The molecule has 0 aliphatic carbocycles. The molecule has 198 valence electrons. The molecule has 9 heteroatoms. The number of amides is 3. The van der Waals surface area contributed by atoms with Crippen LogP contribution in [-0.4, -0.2) is 82.4 Å². The van der Waals surface area contributed by atoms with Crippen LogP contribution in [0.15, 0.2) is 79.5 Å². The minimum absolute atomic E-state index is 0.0262. The minimum atomic E-state index is -0.701. The fourth-order valence-electron chi connectivity index (χ4n) is 4.83. The molecule has 2 aromatic carbocycles. The minimum Gasteiger partial charge on any atom is -0.333 e. The quantitative estimate of drug-likeness (QED) is 0.330. The monoisotopic (exact) mass is 514 g/mol. The number of carbonyl (C=O) groups is 3. The number of hydrazine groups is 1. The molecule has 2 atom stereocenters. The van der Waals surface area contributed by atoms with Gasteiger partial charge in [-0.05, 0) is 31.2 Å². The van der Waals surface area contributed by atoms with E-state index in [-0.39, 0.29) is 31.1 Å². The number of rotatable bonds is 10. The van der Waals surface area contributed by atoms with Crippen LogP contribution >= 0.6 is 0 Å². The number of benzene rings is 2. The zero-order valence-electron chi connectivity index (χ0n) is 21.9. The fraction of sp³-hybridized carbons (Fsp3) is 0.310. The van der Waals surface area contributed by atoms with Gasteiger partial charge in [0.25, 0.3) is 0 Å². The molecule has 1 fully saturated rings. The lowest BCUT2D eigenvalue weighted by Gasteiger charge is -2.49. The highest BCUT2D eigenvalue weighted by Crippen LogP contribution is 2.28. The van der Waals surface area contributed by atoms with Gasteiger partial charge >= 0.3 is 6.03 Å². The average Bonchev–Trinajstić information content (AvgIpc) is 2.93. The Labute approximate surface area is 223 Å². The van der Waals surface area contributed by atoms with Gasteiger partial charge in [-0.15, -0.1) is 6.58 Å². The molecule has 38 heavy (non-hydrogen) atoms. The molecule has 1 aliphatic heterocycles. The lowest BCUT2D eigenvalue weighted by atomic mass is 10.0. The van der Waals surface area contributed by atoms with Crippen LogP contribution in [0.1, 0.15) is 24.1 Å². The second-order valence-electron chi connectivity index (χ2n) is 9.36. The summed E-state index contributed by atoms with van der Waals surface area (Å²) in [6.45, 7) is 6.70. The van der Waals surface area contributed by atoms with Crippen molar-refractivity contribution in [2.24, 2.45) is 0 Å². The molecule has 0 radical (unpaired) electrons. The van der Waals surface area contributed by atoms with E-state index in [0.29, 0.717) is 25.9 Å². The summed E-state index contributed by atoms with van der Waals surface area (Å²) in [6, 6.07) is 19.2. The maximum atomic E-state index is 13.6. The largest absolute Gasteiger partial charge is 0.334 e. The van der Waals surface area contributed by atoms with Gasteiger partial charge in [0.1, 0.15) is 12.5 Å². The second-order valence-corrected chi connectivity index (χ2v) is 9.36. The summed E-state index contributed by atoms with van der Waals surface area (Å²) in [7, 11) is 1.95. The lowest BCUT2D eigenvalue weighted by Crippen LogP contribution is -2.70. The van der Waals surface area contributed by atoms with Crippen molar-refractivity contribution in [2.75, 3.05) is 33.2 Å². The van der Waals surface area contributed by atoms with Crippen molar-refractivity contribution >= 4 is 29.1 Å². The van der Waals surface area contributed by atoms with Crippen molar-refractivity contribution in [3.8, 4) is 0 Å². The predicted octanol–water partition coefficient (Wildman–Crippen LogP) is 3.21. The van der Waals surface area contributed by atoms with Gasteiger partial charge < -0.3 is 15.0 Å². The SMILES string of the molecule is C=CCN1CC(=O)N(CC=O)C(CN(C)C(C)c2cccc3cccnc23)N1C(=O)NCc1ccccc1. The molecule has 3 amide bonds. The van der Waals surface area contributed by atoms with Crippen LogP contribution in [0.5, 0.6) is 0 Å². The standard InChI is InChI=1S/C29H34N6O3/c1-4-16-33-21-27(37)34(17-18-36)26(35(33)29(38)31-19-23-10-6-5-7-11-23)20-32(3)22(2)25-14-8-12-24-13-9-15-30-28(24)25/h4-15,18,22,26H,1,16-17,19-21H2,2-3H3,(H,31,38). The molecule has 3 aromatic rings. The van der Waals surface area contributed by atoms with Gasteiger partial charge in [-0.1, -0.05) is 60.7 Å². The van der Waals surface area contributed by atoms with E-state index in [0.717, 1.165) is 22.0 Å². The third-order valence-corrected chi connectivity index (χ3v) is 6.92. The number of aromatic nitrogens is 1. The summed E-state index contributed by atoms with van der Waals surface area (Å²) in [5.41, 5.74) is 2.90. The highest BCUT2D eigenvalue weighted by Gasteiger charge is 2.42. The number of carbonyl (C=O) groups excluding carboxylic acids is 3. The van der Waals surface area contributed by atoms with Gasteiger partial charge in [0.15, 0.2) is 0 Å². The van der Waals surface area contributed by atoms with E-state index in [9.17, 15) is 14.4 Å². The number of nitrogens with zero attached hydrogens (tertiary/aromatic N) is 5. The van der Waals surface area contributed by atoms with Gasteiger partial charge in [-0.3, -0.25) is 14.7 Å². The molecule has 1 saturated heterocycles. The summed E-state index contributed by atoms with van der Waals surface area (Å²) >= 11 is 0. The molecule has 1 aliphatic rings. The summed E-state index contributed by atoms with van der Waals surface area (Å²) in [6.07, 6.45) is 3.43. The topological polar surface area (TPSA) is 89.1 Å². The predicted molar refractivity (Wildman–Crippen MR) is 147 cm³/mol. The van der Waals surface area contributed by atoms with Crippen molar-refractivity contribution in [1.29, 1.82) is 0 Å². The van der Waals surface area contributed by atoms with Crippen LogP contribution in [0.25, 0.3) is 10.9 Å². The van der Waals surface area contributed by atoms with E-state index in [1.165, 1.54) is 4.90 Å². The summed E-state index contributed by atoms with van der Waals surface area (Å²) in [5.74, 6) is -0.219. The van der Waals surface area contributed by atoms with Crippen LogP contribution in [-0.2, 0) is 16.1 Å². The van der Waals surface area contributed by atoms with Crippen LogP contribution in [0.3, 0.4) is 0 Å². The number of para-hydroxylation sites is 1. The highest BCUT2D eigenvalue weighted by molar-refractivity contribution is 5.84. The first-order valence-corrected chi connectivity index (χ1v) is 12.7. The molecule has 1 aromatic heterocycles. The average molecular weight is 515 g/mol. The molecule has 0 spiro atoms. The van der Waals surface area contributed by atoms with Gasteiger partial charge in [-0.25, -0.2) is 14.8 Å². The van der Waals surface area contributed by atoms with Crippen LogP contribution in [0.2, 0.25) is 0 Å². The van der Waals surface area contributed by atoms with E-state index in [4.69, 9.17) is 0 Å². The van der Waals surface area contributed by atoms with Crippen molar-refractivity contribution in [2.45, 2.75) is 25.7 Å². The van der Waals surface area contributed by atoms with E-state index in [1.807, 2.05) is 67.7 Å². The van der Waals surface area contributed by atoms with Crippen molar-refractivity contribution in [3.63, 3.8) is 0 Å². The van der Waals surface area contributed by atoms with Gasteiger partial charge in [0.05, 0.1) is 18.6 Å². The van der Waals surface area contributed by atoms with E-state index >= 15 is 0 Å². The fourth-order valence-corrected chi connectivity index (χ4v) is 4.83. The van der Waals surface area contributed by atoms with E-state index in [1.54, 1.807) is 22.3 Å². The number of pyridine rings is 1. The van der Waals surface area contributed by atoms with Crippen molar-refractivity contribution in [3.05, 3.63) is 90.6 Å². The second kappa shape index (κ2) is 12.4. The third-order valence-electron chi connectivity index (χ3n) is 6.92. The Morgan fingerprint density at radius 2 is 1.92 bits per heavy atom. The number of hydrogen-bond acceptors (Lipinski definition) is 6. The summed E-state index contributed by atoms with van der Waals surface area (Å²) < 4.78 is 0. The number of urea groups is 1. The number of fused-ring (bicyclic) bond motifs is 1. The molecule has 0 saturated carbocycles. The molecule has 2 unspecified atom stereocenters. The Bertz CT molecular complexity index is 1280.